The minimum Gasteiger partial charge on any atom is -0.376 e. The van der Waals surface area contributed by atoms with E-state index in [1.54, 1.807) is 0 Å². The molecule has 1 aromatic carbocycles. The van der Waals surface area contributed by atoms with Crippen LogP contribution in [0.2, 0.25) is 5.15 Å². The van der Waals surface area contributed by atoms with Crippen molar-refractivity contribution in [3.05, 3.63) is 45.7 Å². The van der Waals surface area contributed by atoms with Crippen LogP contribution in [0.4, 0.5) is 0 Å². The molecule has 0 radical (unpaired) electrons. The molecule has 1 aliphatic heterocycles. The Hall–Kier alpha value is -1.32. The van der Waals surface area contributed by atoms with Gasteiger partial charge in [-0.3, -0.25) is 0 Å². The van der Waals surface area contributed by atoms with Gasteiger partial charge in [0.05, 0.1) is 24.6 Å². The van der Waals surface area contributed by atoms with E-state index in [2.05, 4.69) is 37.1 Å². The molecule has 0 unspecified atom stereocenters. The third-order valence-electron chi connectivity index (χ3n) is 3.33. The Morgan fingerprint density at radius 2 is 2.17 bits per heavy atom. The van der Waals surface area contributed by atoms with Crippen LogP contribution in [-0.2, 0) is 17.8 Å². The van der Waals surface area contributed by atoms with Gasteiger partial charge in [0.1, 0.15) is 5.15 Å². The molecule has 4 heteroatoms. The van der Waals surface area contributed by atoms with Crippen molar-refractivity contribution in [1.82, 2.24) is 9.78 Å². The second-order valence-corrected chi connectivity index (χ2v) is 5.08. The zero-order valence-electron chi connectivity index (χ0n) is 10.5. The normalized spacial score (nSPS) is 14.6. The molecule has 1 aromatic heterocycles. The average molecular weight is 263 g/mol. The van der Waals surface area contributed by atoms with Crippen molar-refractivity contribution < 1.29 is 4.74 Å². The number of fused-ring (bicyclic) bond motifs is 1. The van der Waals surface area contributed by atoms with E-state index in [1.807, 2.05) is 4.68 Å². The quantitative estimate of drug-likeness (QED) is 0.789. The van der Waals surface area contributed by atoms with Gasteiger partial charge in [0.15, 0.2) is 0 Å². The van der Waals surface area contributed by atoms with Crippen LogP contribution in [0.3, 0.4) is 0 Å². The van der Waals surface area contributed by atoms with E-state index in [1.165, 1.54) is 11.1 Å². The first-order valence-corrected chi connectivity index (χ1v) is 6.46. The van der Waals surface area contributed by atoms with Gasteiger partial charge in [-0.25, -0.2) is 4.68 Å². The highest BCUT2D eigenvalue weighted by molar-refractivity contribution is 6.30. The molecule has 1 aliphatic rings. The molecule has 94 valence electrons. The molecule has 0 saturated heterocycles. The van der Waals surface area contributed by atoms with E-state index in [4.69, 9.17) is 16.3 Å². The highest BCUT2D eigenvalue weighted by atomic mass is 35.5. The Morgan fingerprint density at radius 3 is 2.94 bits per heavy atom. The van der Waals surface area contributed by atoms with Crippen molar-refractivity contribution in [3.63, 3.8) is 0 Å². The number of aromatic nitrogens is 2. The molecule has 2 aromatic rings. The standard InChI is InChI=1S/C14H15ClN2O/c1-9-3-4-10(2)13(7-9)17-14(15)11-8-18-6-5-12(11)16-17/h3-4,7H,5-6,8H2,1-2H3. The Bertz CT molecular complexity index is 604. The first-order valence-electron chi connectivity index (χ1n) is 6.08. The fraction of sp³-hybridized carbons (Fsp3) is 0.357. The van der Waals surface area contributed by atoms with Gasteiger partial charge in [-0.2, -0.15) is 5.10 Å². The predicted molar refractivity (Wildman–Crippen MR) is 71.4 cm³/mol. The van der Waals surface area contributed by atoms with E-state index in [-0.39, 0.29) is 0 Å². The third-order valence-corrected chi connectivity index (χ3v) is 3.71. The Morgan fingerprint density at radius 1 is 1.33 bits per heavy atom. The molecule has 0 bridgehead atoms. The lowest BCUT2D eigenvalue weighted by atomic mass is 10.1. The van der Waals surface area contributed by atoms with Crippen LogP contribution in [0.15, 0.2) is 18.2 Å². The molecule has 3 rings (SSSR count). The van der Waals surface area contributed by atoms with Crippen LogP contribution in [0.5, 0.6) is 0 Å². The van der Waals surface area contributed by atoms with E-state index >= 15 is 0 Å². The summed E-state index contributed by atoms with van der Waals surface area (Å²) in [4.78, 5) is 0. The minimum atomic E-state index is 0.568. The smallest absolute Gasteiger partial charge is 0.138 e. The zero-order chi connectivity index (χ0) is 12.7. The molecule has 0 amide bonds. The number of rotatable bonds is 1. The Labute approximate surface area is 111 Å². The maximum atomic E-state index is 6.42. The summed E-state index contributed by atoms with van der Waals surface area (Å²) in [6.45, 7) is 5.44. The van der Waals surface area contributed by atoms with Crippen molar-refractivity contribution in [2.75, 3.05) is 6.61 Å². The van der Waals surface area contributed by atoms with Crippen LogP contribution < -0.4 is 0 Å². The summed E-state index contributed by atoms with van der Waals surface area (Å²) in [5, 5.41) is 5.31. The van der Waals surface area contributed by atoms with Gasteiger partial charge < -0.3 is 4.74 Å². The van der Waals surface area contributed by atoms with E-state index < -0.39 is 0 Å². The van der Waals surface area contributed by atoms with Crippen molar-refractivity contribution >= 4 is 11.6 Å². The SMILES string of the molecule is Cc1ccc(C)c(-n2nc3c(c2Cl)COCC3)c1. The van der Waals surface area contributed by atoms with Gasteiger partial charge in [0.2, 0.25) is 0 Å². The van der Waals surface area contributed by atoms with Crippen molar-refractivity contribution in [3.8, 4) is 5.69 Å². The zero-order valence-corrected chi connectivity index (χ0v) is 11.3. The molecule has 0 saturated carbocycles. The number of hydrogen-bond donors (Lipinski definition) is 0. The highest BCUT2D eigenvalue weighted by Gasteiger charge is 2.21. The molecule has 0 spiro atoms. The van der Waals surface area contributed by atoms with E-state index in [0.717, 1.165) is 30.0 Å². The van der Waals surface area contributed by atoms with Gasteiger partial charge >= 0.3 is 0 Å². The summed E-state index contributed by atoms with van der Waals surface area (Å²) >= 11 is 6.42. The fourth-order valence-electron chi connectivity index (χ4n) is 2.27. The third kappa shape index (κ3) is 1.84. The summed E-state index contributed by atoms with van der Waals surface area (Å²) in [5.41, 5.74) is 5.52. The minimum absolute atomic E-state index is 0.568. The molecule has 0 aliphatic carbocycles. The molecule has 3 nitrogen and oxygen atoms in total. The van der Waals surface area contributed by atoms with Crippen molar-refractivity contribution in [1.29, 1.82) is 0 Å². The topological polar surface area (TPSA) is 27.1 Å². The predicted octanol–water partition coefficient (Wildman–Crippen LogP) is 3.22. The first-order chi connectivity index (χ1) is 8.66. The van der Waals surface area contributed by atoms with Crippen LogP contribution in [-0.4, -0.2) is 16.4 Å². The summed E-state index contributed by atoms with van der Waals surface area (Å²) in [7, 11) is 0. The summed E-state index contributed by atoms with van der Waals surface area (Å²) < 4.78 is 7.28. The van der Waals surface area contributed by atoms with E-state index in [0.29, 0.717) is 11.8 Å². The van der Waals surface area contributed by atoms with Crippen molar-refractivity contribution in [2.45, 2.75) is 26.9 Å². The molecular formula is C14H15ClN2O. The molecule has 0 fully saturated rings. The molecular weight excluding hydrogens is 248 g/mol. The highest BCUT2D eigenvalue weighted by Crippen LogP contribution is 2.28. The second kappa shape index (κ2) is 4.41. The first kappa shape index (κ1) is 11.8. The summed E-state index contributed by atoms with van der Waals surface area (Å²) in [5.74, 6) is 0. The summed E-state index contributed by atoms with van der Waals surface area (Å²) in [6, 6.07) is 6.30. The largest absolute Gasteiger partial charge is 0.376 e. The van der Waals surface area contributed by atoms with Gasteiger partial charge in [-0.1, -0.05) is 23.7 Å². The van der Waals surface area contributed by atoms with Crippen LogP contribution in [0.25, 0.3) is 5.69 Å². The summed E-state index contributed by atoms with van der Waals surface area (Å²) in [6.07, 6.45) is 0.840. The number of nitrogens with zero attached hydrogens (tertiary/aromatic N) is 2. The molecule has 2 heterocycles. The molecule has 18 heavy (non-hydrogen) atoms. The number of benzene rings is 1. The van der Waals surface area contributed by atoms with Crippen LogP contribution in [0.1, 0.15) is 22.4 Å². The van der Waals surface area contributed by atoms with Gasteiger partial charge in [0.25, 0.3) is 0 Å². The van der Waals surface area contributed by atoms with Crippen molar-refractivity contribution in [2.24, 2.45) is 0 Å². The maximum Gasteiger partial charge on any atom is 0.138 e. The number of aryl methyl sites for hydroxylation is 2. The maximum absolute atomic E-state index is 6.42. The Kier molecular flexibility index (Phi) is 2.88. The fourth-order valence-corrected chi connectivity index (χ4v) is 2.56. The number of ether oxygens (including phenoxy) is 1. The average Bonchev–Trinajstić information content (AvgIpc) is 2.71. The van der Waals surface area contributed by atoms with Crippen LogP contribution >= 0.6 is 11.6 Å². The van der Waals surface area contributed by atoms with Gasteiger partial charge in [-0.15, -0.1) is 0 Å². The lowest BCUT2D eigenvalue weighted by Gasteiger charge is -2.10. The van der Waals surface area contributed by atoms with Gasteiger partial charge in [-0.05, 0) is 31.0 Å². The van der Waals surface area contributed by atoms with E-state index in [9.17, 15) is 0 Å². The number of hydrogen-bond acceptors (Lipinski definition) is 2. The monoisotopic (exact) mass is 262 g/mol. The van der Waals surface area contributed by atoms with Crippen LogP contribution in [0, 0.1) is 13.8 Å². The molecule has 0 N–H and O–H groups in total. The second-order valence-electron chi connectivity index (χ2n) is 4.72. The van der Waals surface area contributed by atoms with Gasteiger partial charge in [0, 0.05) is 12.0 Å². The Balaban J connectivity index is 2.17. The molecule has 0 atom stereocenters. The number of halogens is 1. The lowest BCUT2D eigenvalue weighted by molar-refractivity contribution is 0.110. The lowest BCUT2D eigenvalue weighted by Crippen LogP contribution is -2.08.